The maximum Gasteiger partial charge on any atom is 0.264 e. The van der Waals surface area contributed by atoms with Crippen LogP contribution in [-0.2, 0) is 32.6 Å². The zero-order chi connectivity index (χ0) is 30.8. The molecule has 0 aliphatic carbocycles. The summed E-state index contributed by atoms with van der Waals surface area (Å²) in [5.74, 6) is -0.862. The third-order valence-electron chi connectivity index (χ3n) is 7.22. The molecule has 2 unspecified atom stereocenters. The van der Waals surface area contributed by atoms with Gasteiger partial charge in [0.15, 0.2) is 0 Å². The molecule has 0 aromatic heterocycles. The topological polar surface area (TPSA) is 86.8 Å². The van der Waals surface area contributed by atoms with Crippen molar-refractivity contribution in [3.05, 3.63) is 131 Å². The largest absolute Gasteiger partial charge is 0.352 e. The third kappa shape index (κ3) is 8.24. The highest BCUT2D eigenvalue weighted by Gasteiger charge is 2.35. The molecule has 0 heterocycles. The van der Waals surface area contributed by atoms with E-state index in [4.69, 9.17) is 11.6 Å². The molecule has 0 aliphatic heterocycles. The van der Waals surface area contributed by atoms with E-state index in [9.17, 15) is 18.0 Å². The number of benzene rings is 4. The summed E-state index contributed by atoms with van der Waals surface area (Å²) in [5, 5.41) is 3.47. The molecule has 2 amide bonds. The SMILES string of the molecule is CCC(C)NC(=O)C(Cc1ccccc1)N(Cc1ccccc1Cl)C(=O)CN(c1ccccc1)S(=O)(=O)c1ccccc1. The Labute approximate surface area is 259 Å². The van der Waals surface area contributed by atoms with Crippen molar-refractivity contribution in [3.8, 4) is 0 Å². The molecule has 224 valence electrons. The van der Waals surface area contributed by atoms with Gasteiger partial charge in [0, 0.05) is 24.0 Å². The van der Waals surface area contributed by atoms with Crippen molar-refractivity contribution < 1.29 is 18.0 Å². The first-order chi connectivity index (χ1) is 20.7. The van der Waals surface area contributed by atoms with Crippen LogP contribution in [0.25, 0.3) is 0 Å². The lowest BCUT2D eigenvalue weighted by Crippen LogP contribution is -2.54. The lowest BCUT2D eigenvalue weighted by molar-refractivity contribution is -0.140. The van der Waals surface area contributed by atoms with E-state index in [2.05, 4.69) is 5.32 Å². The van der Waals surface area contributed by atoms with Gasteiger partial charge >= 0.3 is 0 Å². The van der Waals surface area contributed by atoms with Crippen LogP contribution in [0.15, 0.2) is 120 Å². The molecule has 4 aromatic rings. The van der Waals surface area contributed by atoms with Crippen molar-refractivity contribution >= 4 is 39.1 Å². The van der Waals surface area contributed by atoms with E-state index < -0.39 is 28.5 Å². The van der Waals surface area contributed by atoms with E-state index in [-0.39, 0.29) is 29.8 Å². The number of hydrogen-bond acceptors (Lipinski definition) is 4. The van der Waals surface area contributed by atoms with Gasteiger partial charge in [0.2, 0.25) is 11.8 Å². The summed E-state index contributed by atoms with van der Waals surface area (Å²) < 4.78 is 29.0. The van der Waals surface area contributed by atoms with Crippen LogP contribution in [0.1, 0.15) is 31.4 Å². The minimum Gasteiger partial charge on any atom is -0.352 e. The van der Waals surface area contributed by atoms with Crippen molar-refractivity contribution in [2.24, 2.45) is 0 Å². The molecule has 0 saturated heterocycles. The predicted molar refractivity (Wildman–Crippen MR) is 171 cm³/mol. The van der Waals surface area contributed by atoms with Gasteiger partial charge in [-0.2, -0.15) is 0 Å². The van der Waals surface area contributed by atoms with Crippen LogP contribution in [0.3, 0.4) is 0 Å². The summed E-state index contributed by atoms with van der Waals surface area (Å²) in [7, 11) is -4.13. The van der Waals surface area contributed by atoms with Crippen molar-refractivity contribution in [1.29, 1.82) is 0 Å². The Morgan fingerprint density at radius 2 is 1.37 bits per heavy atom. The Kier molecular flexibility index (Phi) is 11.0. The number of sulfonamides is 1. The Bertz CT molecular complexity index is 1600. The highest BCUT2D eigenvalue weighted by atomic mass is 35.5. The summed E-state index contributed by atoms with van der Waals surface area (Å²) in [6, 6.07) is 32.0. The maximum absolute atomic E-state index is 14.4. The molecule has 2 atom stereocenters. The second kappa shape index (κ2) is 14.8. The van der Waals surface area contributed by atoms with Gasteiger partial charge in [0.25, 0.3) is 10.0 Å². The smallest absolute Gasteiger partial charge is 0.264 e. The van der Waals surface area contributed by atoms with Gasteiger partial charge in [-0.1, -0.05) is 103 Å². The number of amides is 2. The summed E-state index contributed by atoms with van der Waals surface area (Å²) in [4.78, 5) is 29.8. The quantitative estimate of drug-likeness (QED) is 0.197. The van der Waals surface area contributed by atoms with Crippen molar-refractivity contribution in [2.75, 3.05) is 10.8 Å². The van der Waals surface area contributed by atoms with Gasteiger partial charge in [0.1, 0.15) is 12.6 Å². The van der Waals surface area contributed by atoms with Crippen LogP contribution >= 0.6 is 11.6 Å². The molecular weight excluding hydrogens is 582 g/mol. The van der Waals surface area contributed by atoms with E-state index in [1.165, 1.54) is 17.0 Å². The maximum atomic E-state index is 14.4. The van der Waals surface area contributed by atoms with E-state index in [1.54, 1.807) is 66.7 Å². The van der Waals surface area contributed by atoms with Gasteiger partial charge in [-0.05, 0) is 54.8 Å². The molecule has 9 heteroatoms. The standard InChI is InChI=1S/C34H36ClN3O4S/c1-3-26(2)36-34(40)32(23-27-15-7-4-8-16-27)37(24-28-17-13-14-22-31(28)35)33(39)25-38(29-18-9-5-10-19-29)43(41,42)30-20-11-6-12-21-30/h4-22,26,32H,3,23-25H2,1-2H3,(H,36,40). The highest BCUT2D eigenvalue weighted by molar-refractivity contribution is 7.92. The molecule has 1 N–H and O–H groups in total. The Balaban J connectivity index is 1.79. The number of nitrogens with one attached hydrogen (secondary N) is 1. The molecule has 0 aliphatic rings. The molecule has 0 spiro atoms. The van der Waals surface area contributed by atoms with Gasteiger partial charge in [-0.3, -0.25) is 13.9 Å². The van der Waals surface area contributed by atoms with Gasteiger partial charge in [-0.25, -0.2) is 8.42 Å². The lowest BCUT2D eigenvalue weighted by Gasteiger charge is -2.34. The number of carbonyl (C=O) groups is 2. The first-order valence-electron chi connectivity index (χ1n) is 14.2. The van der Waals surface area contributed by atoms with Crippen LogP contribution < -0.4 is 9.62 Å². The normalized spacial score (nSPS) is 12.6. The molecular formula is C34H36ClN3O4S. The first kappa shape index (κ1) is 31.8. The van der Waals surface area contributed by atoms with Gasteiger partial charge in [-0.15, -0.1) is 0 Å². The number of nitrogens with zero attached hydrogens (tertiary/aromatic N) is 2. The van der Waals surface area contributed by atoms with Crippen LogP contribution in [0.2, 0.25) is 5.02 Å². The van der Waals surface area contributed by atoms with Crippen molar-refractivity contribution in [2.45, 2.75) is 50.2 Å². The minimum atomic E-state index is -4.13. The minimum absolute atomic E-state index is 0.0119. The number of halogens is 1. The zero-order valence-corrected chi connectivity index (χ0v) is 25.8. The monoisotopic (exact) mass is 617 g/mol. The number of rotatable bonds is 13. The third-order valence-corrected chi connectivity index (χ3v) is 9.38. The summed E-state index contributed by atoms with van der Waals surface area (Å²) in [5.41, 5.74) is 1.84. The summed E-state index contributed by atoms with van der Waals surface area (Å²) in [6.45, 7) is 3.36. The van der Waals surface area contributed by atoms with Crippen LogP contribution in [0.4, 0.5) is 5.69 Å². The average molecular weight is 618 g/mol. The molecule has 0 fully saturated rings. The van der Waals surface area contributed by atoms with Gasteiger partial charge < -0.3 is 10.2 Å². The molecule has 4 rings (SSSR count). The average Bonchev–Trinajstić information content (AvgIpc) is 3.03. The zero-order valence-electron chi connectivity index (χ0n) is 24.3. The van der Waals surface area contributed by atoms with Crippen LogP contribution in [-0.4, -0.2) is 43.8 Å². The molecule has 0 bridgehead atoms. The second-order valence-electron chi connectivity index (χ2n) is 10.3. The van der Waals surface area contributed by atoms with E-state index in [0.29, 0.717) is 22.7 Å². The summed E-state index contributed by atoms with van der Waals surface area (Å²) >= 11 is 6.53. The number of para-hydroxylation sites is 1. The van der Waals surface area contributed by atoms with E-state index in [0.717, 1.165) is 9.87 Å². The fourth-order valence-electron chi connectivity index (χ4n) is 4.65. The number of carbonyl (C=O) groups excluding carboxylic acids is 2. The van der Waals surface area contributed by atoms with Crippen LogP contribution in [0.5, 0.6) is 0 Å². The lowest BCUT2D eigenvalue weighted by atomic mass is 10.0. The Hall–Kier alpha value is -4.14. The van der Waals surface area contributed by atoms with Crippen LogP contribution in [0, 0.1) is 0 Å². The molecule has 0 radical (unpaired) electrons. The molecule has 4 aromatic carbocycles. The molecule has 43 heavy (non-hydrogen) atoms. The Morgan fingerprint density at radius 3 is 1.98 bits per heavy atom. The fraction of sp³-hybridized carbons (Fsp3) is 0.235. The van der Waals surface area contributed by atoms with Crippen molar-refractivity contribution in [3.63, 3.8) is 0 Å². The second-order valence-corrected chi connectivity index (χ2v) is 12.6. The highest BCUT2D eigenvalue weighted by Crippen LogP contribution is 2.26. The number of anilines is 1. The van der Waals surface area contributed by atoms with Crippen molar-refractivity contribution in [1.82, 2.24) is 10.2 Å². The molecule has 0 saturated carbocycles. The first-order valence-corrected chi connectivity index (χ1v) is 16.0. The Morgan fingerprint density at radius 1 is 0.814 bits per heavy atom. The summed E-state index contributed by atoms with van der Waals surface area (Å²) in [6.07, 6.45) is 0.940. The molecule has 7 nitrogen and oxygen atoms in total. The van der Waals surface area contributed by atoms with Gasteiger partial charge in [0.05, 0.1) is 10.6 Å². The number of hydrogen-bond donors (Lipinski definition) is 1. The van der Waals surface area contributed by atoms with E-state index >= 15 is 0 Å². The fourth-order valence-corrected chi connectivity index (χ4v) is 6.28. The van der Waals surface area contributed by atoms with E-state index in [1.807, 2.05) is 50.2 Å². The predicted octanol–water partition coefficient (Wildman–Crippen LogP) is 6.09.